The third kappa shape index (κ3) is 3.37. The van der Waals surface area contributed by atoms with Gasteiger partial charge in [-0.05, 0) is 84.5 Å². The van der Waals surface area contributed by atoms with Crippen molar-refractivity contribution in [2.45, 2.75) is 51.9 Å². The summed E-state index contributed by atoms with van der Waals surface area (Å²) < 4.78 is 18.3. The standard InChI is InChI=1S/C23H33O3P/c1-15-13-16-14-18(26-27)4-5-19(16)20-7-9-23(2)17(8-11-25-12-10-24)3-6-21(23)22(15)20/h4-5,8,14-15,20-22,24H,3,6-7,9-13,27H2,1-2H3/b17-8+/i27T. The Morgan fingerprint density at radius 1 is 1.41 bits per heavy atom. The number of hydrogen-bond donors (Lipinski definition) is 1. The lowest BCUT2D eigenvalue weighted by molar-refractivity contribution is 0.0482. The van der Waals surface area contributed by atoms with Crippen LogP contribution in [-0.4, -0.2) is 26.2 Å². The van der Waals surface area contributed by atoms with Crippen molar-refractivity contribution < 1.29 is 14.4 Å². The van der Waals surface area contributed by atoms with E-state index in [2.05, 4.69) is 38.1 Å². The van der Waals surface area contributed by atoms with E-state index in [1.807, 2.05) is 0 Å². The minimum Gasteiger partial charge on any atom is -0.480 e. The Hall–Kier alpha value is -0.890. The Labute approximate surface area is 167 Å². The second kappa shape index (κ2) is 7.85. The van der Waals surface area contributed by atoms with Gasteiger partial charge in [-0.1, -0.05) is 31.6 Å². The predicted molar refractivity (Wildman–Crippen MR) is 112 cm³/mol. The number of ether oxygens (including phenoxy) is 1. The van der Waals surface area contributed by atoms with E-state index in [9.17, 15) is 0 Å². The molecule has 3 aliphatic carbocycles. The zero-order valence-corrected chi connectivity index (χ0v) is 17.5. The number of aliphatic hydroxyl groups is 1. The maximum atomic E-state index is 8.92. The first-order chi connectivity index (χ1) is 13.6. The monoisotopic (exact) mass is 390 g/mol. The van der Waals surface area contributed by atoms with E-state index in [1.54, 1.807) is 5.57 Å². The van der Waals surface area contributed by atoms with Crippen molar-refractivity contribution in [3.63, 3.8) is 0 Å². The summed E-state index contributed by atoms with van der Waals surface area (Å²) in [6.07, 6.45) is 8.43. The summed E-state index contributed by atoms with van der Waals surface area (Å²) >= 11 is 0. The van der Waals surface area contributed by atoms with E-state index in [0.29, 0.717) is 30.5 Å². The first kappa shape index (κ1) is 18.2. The number of hydrogen-bond acceptors (Lipinski definition) is 3. The van der Waals surface area contributed by atoms with Crippen LogP contribution in [0.4, 0.5) is 0 Å². The minimum absolute atomic E-state index is 0.0960. The molecule has 0 aromatic heterocycles. The van der Waals surface area contributed by atoms with Gasteiger partial charge in [-0.15, -0.1) is 0 Å². The summed E-state index contributed by atoms with van der Waals surface area (Å²) in [5.74, 6) is 3.70. The SMILES string of the molecule is [3H]POc1ccc2c(c1)CC(C)C1C2CCC2(C)/C(=C/COCCO)CCC12. The molecule has 148 valence electrons. The van der Waals surface area contributed by atoms with Gasteiger partial charge < -0.3 is 14.4 Å². The molecule has 3 aliphatic rings. The molecule has 0 saturated heterocycles. The summed E-state index contributed by atoms with van der Waals surface area (Å²) in [6.45, 7) is 6.09. The van der Waals surface area contributed by atoms with Gasteiger partial charge in [0.2, 0.25) is 0 Å². The van der Waals surface area contributed by atoms with Crippen LogP contribution in [0, 0.1) is 23.2 Å². The van der Waals surface area contributed by atoms with E-state index in [0.717, 1.165) is 24.0 Å². The smallest absolute Gasteiger partial charge is 0.122 e. The summed E-state index contributed by atoms with van der Waals surface area (Å²) in [5, 5.41) is 8.92. The van der Waals surface area contributed by atoms with E-state index in [1.165, 1.54) is 36.8 Å². The highest BCUT2D eigenvalue weighted by Gasteiger charge is 2.54. The molecule has 0 bridgehead atoms. The molecule has 1 N–H and O–H groups in total. The number of benzene rings is 1. The fourth-order valence-electron chi connectivity index (χ4n) is 6.51. The molecule has 4 rings (SSSR count). The van der Waals surface area contributed by atoms with Crippen LogP contribution in [0.2, 0.25) is 0 Å². The Kier molecular flexibility index (Phi) is 5.28. The van der Waals surface area contributed by atoms with Crippen molar-refractivity contribution in [1.29, 1.82) is 1.28 Å². The lowest BCUT2D eigenvalue weighted by Gasteiger charge is -2.52. The van der Waals surface area contributed by atoms with Crippen LogP contribution in [0.25, 0.3) is 0 Å². The minimum atomic E-state index is -0.245. The van der Waals surface area contributed by atoms with Crippen molar-refractivity contribution in [3.05, 3.63) is 41.0 Å². The van der Waals surface area contributed by atoms with Crippen molar-refractivity contribution in [3.8, 4) is 5.75 Å². The van der Waals surface area contributed by atoms with E-state index in [-0.39, 0.29) is 16.0 Å². The van der Waals surface area contributed by atoms with Crippen LogP contribution in [0.1, 0.15) is 56.6 Å². The van der Waals surface area contributed by atoms with E-state index < -0.39 is 0 Å². The highest BCUT2D eigenvalue weighted by atomic mass is 31.0. The van der Waals surface area contributed by atoms with Gasteiger partial charge in [-0.2, -0.15) is 0 Å². The summed E-state index contributed by atoms with van der Waals surface area (Å²) in [4.78, 5) is 0. The zero-order valence-electron chi connectivity index (χ0n) is 17.5. The number of fused-ring (bicyclic) bond motifs is 5. The molecule has 1 aromatic carbocycles. The molecular formula is C23H33O3P. The first-order valence-corrected chi connectivity index (χ1v) is 10.8. The van der Waals surface area contributed by atoms with Crippen molar-refractivity contribution in [1.82, 2.24) is 0 Å². The van der Waals surface area contributed by atoms with Gasteiger partial charge in [-0.25, -0.2) is 0 Å². The summed E-state index contributed by atoms with van der Waals surface area (Å²) in [7, 11) is -0.245. The summed E-state index contributed by atoms with van der Waals surface area (Å²) in [5.41, 5.74) is 4.88. The second-order valence-corrected chi connectivity index (χ2v) is 9.16. The molecule has 0 heterocycles. The third-order valence-electron chi connectivity index (χ3n) is 7.69. The topological polar surface area (TPSA) is 38.7 Å². The van der Waals surface area contributed by atoms with Crippen LogP contribution in [-0.2, 0) is 11.2 Å². The number of aliphatic hydroxyl groups excluding tert-OH is 1. The molecule has 3 nitrogen and oxygen atoms in total. The maximum absolute atomic E-state index is 8.92. The van der Waals surface area contributed by atoms with E-state index in [4.69, 9.17) is 15.6 Å². The molecule has 0 amide bonds. The van der Waals surface area contributed by atoms with Crippen molar-refractivity contribution in [2.24, 2.45) is 23.2 Å². The van der Waals surface area contributed by atoms with Crippen molar-refractivity contribution >= 4 is 9.41 Å². The third-order valence-corrected chi connectivity index (χ3v) is 7.93. The van der Waals surface area contributed by atoms with Gasteiger partial charge in [0.15, 0.2) is 0 Å². The molecule has 27 heavy (non-hydrogen) atoms. The molecule has 6 atom stereocenters. The van der Waals surface area contributed by atoms with Crippen molar-refractivity contribution in [2.75, 3.05) is 19.8 Å². The van der Waals surface area contributed by atoms with Gasteiger partial charge in [0.1, 0.15) is 5.75 Å². The highest BCUT2D eigenvalue weighted by Crippen LogP contribution is 2.63. The van der Waals surface area contributed by atoms with Gasteiger partial charge in [0.25, 0.3) is 0 Å². The van der Waals surface area contributed by atoms with Crippen LogP contribution >= 0.6 is 9.41 Å². The average molecular weight is 390 g/mol. The highest BCUT2D eigenvalue weighted by molar-refractivity contribution is 7.10. The van der Waals surface area contributed by atoms with E-state index >= 15 is 0 Å². The predicted octanol–water partition coefficient (Wildman–Crippen LogP) is 4.89. The second-order valence-electron chi connectivity index (χ2n) is 8.96. The number of rotatable bonds is 6. The van der Waals surface area contributed by atoms with Gasteiger partial charge in [0.05, 0.1) is 30.5 Å². The molecule has 2 saturated carbocycles. The summed E-state index contributed by atoms with van der Waals surface area (Å²) in [6, 6.07) is 6.54. The Bertz CT molecular complexity index is 737. The maximum Gasteiger partial charge on any atom is 0.122 e. The molecule has 1 aromatic rings. The molecule has 0 aliphatic heterocycles. The van der Waals surface area contributed by atoms with Crippen LogP contribution in [0.15, 0.2) is 29.8 Å². The molecule has 2 fully saturated rings. The lowest BCUT2D eigenvalue weighted by atomic mass is 9.52. The quantitative estimate of drug-likeness (QED) is 0.427. The molecule has 4 heteroatoms. The molecule has 0 radical (unpaired) electrons. The normalized spacial score (nSPS) is 37.1. The molecule has 0 spiro atoms. The Balaban J connectivity index is 1.57. The van der Waals surface area contributed by atoms with Crippen LogP contribution in [0.3, 0.4) is 0 Å². The fourth-order valence-corrected chi connectivity index (χ4v) is 6.64. The Morgan fingerprint density at radius 2 is 2.30 bits per heavy atom. The van der Waals surface area contributed by atoms with Gasteiger partial charge in [0, 0.05) is 0 Å². The first-order valence-electron chi connectivity index (χ1n) is 10.9. The molecule has 6 unspecified atom stereocenters. The van der Waals surface area contributed by atoms with Crippen LogP contribution in [0.5, 0.6) is 5.75 Å². The van der Waals surface area contributed by atoms with Gasteiger partial charge in [-0.3, -0.25) is 0 Å². The molecular weight excluding hydrogens is 355 g/mol. The average Bonchev–Trinajstić information content (AvgIpc) is 3.01. The zero-order chi connectivity index (χ0) is 19.7. The van der Waals surface area contributed by atoms with Gasteiger partial charge >= 0.3 is 0 Å². The largest absolute Gasteiger partial charge is 0.480 e. The number of allylic oxidation sites excluding steroid dienone is 1. The Morgan fingerprint density at radius 3 is 3.11 bits per heavy atom. The van der Waals surface area contributed by atoms with Crippen LogP contribution < -0.4 is 4.52 Å². The fraction of sp³-hybridized carbons (Fsp3) is 0.652. The lowest BCUT2D eigenvalue weighted by Crippen LogP contribution is -2.43.